The summed E-state index contributed by atoms with van der Waals surface area (Å²) in [4.78, 5) is 13.2. The second-order valence-electron chi connectivity index (χ2n) is 6.44. The van der Waals surface area contributed by atoms with Gasteiger partial charge in [-0.25, -0.2) is 0 Å². The standard InChI is InChI=1S/C22H19NOSe/c24-21-22(15-17-9-3-1-4-10-17,16-18-11-5-2-6-12-18)19-13-7-8-14-20(19)25-23-21/h1-14H,15-16H2,(H,23,24). The summed E-state index contributed by atoms with van der Waals surface area (Å²) in [5.41, 5.74) is 3.02. The fourth-order valence-electron chi connectivity index (χ4n) is 3.57. The van der Waals surface area contributed by atoms with Crippen molar-refractivity contribution in [2.75, 3.05) is 0 Å². The van der Waals surface area contributed by atoms with Crippen molar-refractivity contribution >= 4 is 25.5 Å². The minimum absolute atomic E-state index is 0.00452. The number of carbonyl (C=O) groups is 1. The molecular formula is C22H19NOSe. The van der Waals surface area contributed by atoms with E-state index in [0.29, 0.717) is 12.8 Å². The summed E-state index contributed by atoms with van der Waals surface area (Å²) in [5, 5.41) is 0. The summed E-state index contributed by atoms with van der Waals surface area (Å²) in [6.07, 6.45) is 1.42. The summed E-state index contributed by atoms with van der Waals surface area (Å²) >= 11 is 0.00452. The van der Waals surface area contributed by atoms with Gasteiger partial charge < -0.3 is 0 Å². The van der Waals surface area contributed by atoms with E-state index in [1.807, 2.05) is 36.4 Å². The zero-order valence-electron chi connectivity index (χ0n) is 13.8. The van der Waals surface area contributed by atoms with Gasteiger partial charge in [0.05, 0.1) is 0 Å². The average molecular weight is 392 g/mol. The zero-order chi connectivity index (χ0) is 17.1. The molecule has 0 radical (unpaired) electrons. The van der Waals surface area contributed by atoms with Crippen molar-refractivity contribution in [2.24, 2.45) is 0 Å². The number of carbonyl (C=O) groups excluding carboxylic acids is 1. The van der Waals surface area contributed by atoms with Gasteiger partial charge in [0.2, 0.25) is 0 Å². The average Bonchev–Trinajstić information content (AvgIpc) is 2.67. The van der Waals surface area contributed by atoms with Crippen molar-refractivity contribution in [3.8, 4) is 0 Å². The first-order chi connectivity index (χ1) is 12.3. The van der Waals surface area contributed by atoms with Gasteiger partial charge in [-0.1, -0.05) is 0 Å². The van der Waals surface area contributed by atoms with E-state index in [9.17, 15) is 4.79 Å². The quantitative estimate of drug-likeness (QED) is 0.680. The van der Waals surface area contributed by atoms with Gasteiger partial charge in [-0.15, -0.1) is 0 Å². The molecule has 0 atom stereocenters. The van der Waals surface area contributed by atoms with E-state index in [0.717, 1.165) is 0 Å². The topological polar surface area (TPSA) is 29.1 Å². The molecule has 0 aromatic heterocycles. The molecule has 0 fully saturated rings. The van der Waals surface area contributed by atoms with Crippen LogP contribution in [0.4, 0.5) is 0 Å². The van der Waals surface area contributed by atoms with Crippen LogP contribution in [-0.2, 0) is 23.1 Å². The number of fused-ring (bicyclic) bond motifs is 1. The first-order valence-corrected chi connectivity index (χ1v) is 10.1. The Bertz CT molecular complexity index is 835. The Morgan fingerprint density at radius 3 is 1.84 bits per heavy atom. The maximum absolute atomic E-state index is 13.2. The van der Waals surface area contributed by atoms with Gasteiger partial charge >= 0.3 is 155 Å². The Balaban J connectivity index is 1.85. The first kappa shape index (κ1) is 16.1. The van der Waals surface area contributed by atoms with Crippen LogP contribution >= 0.6 is 0 Å². The van der Waals surface area contributed by atoms with Crippen LogP contribution in [0.5, 0.6) is 0 Å². The molecule has 1 amide bonds. The zero-order valence-corrected chi connectivity index (χ0v) is 15.5. The van der Waals surface area contributed by atoms with Crippen LogP contribution in [0.15, 0.2) is 84.9 Å². The molecule has 0 aliphatic carbocycles. The molecule has 1 aliphatic rings. The molecule has 0 bridgehead atoms. The molecule has 0 spiro atoms. The molecule has 3 heteroatoms. The van der Waals surface area contributed by atoms with Gasteiger partial charge in [-0.05, 0) is 0 Å². The molecule has 1 aliphatic heterocycles. The number of hydrogen-bond donors (Lipinski definition) is 1. The van der Waals surface area contributed by atoms with E-state index in [4.69, 9.17) is 0 Å². The molecule has 3 aromatic carbocycles. The predicted octanol–water partition coefficient (Wildman–Crippen LogP) is 2.78. The third-order valence-corrected chi connectivity index (χ3v) is 6.60. The second-order valence-corrected chi connectivity index (χ2v) is 8.22. The van der Waals surface area contributed by atoms with Crippen LogP contribution in [0.25, 0.3) is 0 Å². The van der Waals surface area contributed by atoms with Crippen LogP contribution in [-0.4, -0.2) is 21.1 Å². The molecule has 4 rings (SSSR count). The Morgan fingerprint density at radius 2 is 1.24 bits per heavy atom. The van der Waals surface area contributed by atoms with E-state index >= 15 is 0 Å². The number of benzene rings is 3. The Morgan fingerprint density at radius 1 is 0.720 bits per heavy atom. The number of nitrogens with one attached hydrogen (secondary N) is 1. The number of rotatable bonds is 4. The summed E-state index contributed by atoms with van der Waals surface area (Å²) in [6, 6.07) is 29.1. The molecule has 124 valence electrons. The summed E-state index contributed by atoms with van der Waals surface area (Å²) < 4.78 is 4.47. The van der Waals surface area contributed by atoms with Crippen molar-refractivity contribution in [2.45, 2.75) is 18.3 Å². The molecule has 1 N–H and O–H groups in total. The van der Waals surface area contributed by atoms with E-state index in [1.54, 1.807) is 0 Å². The fraction of sp³-hybridized carbons (Fsp3) is 0.136. The Labute approximate surface area is 154 Å². The van der Waals surface area contributed by atoms with Crippen molar-refractivity contribution in [3.05, 3.63) is 102 Å². The Hall–Kier alpha value is -2.35. The monoisotopic (exact) mass is 393 g/mol. The molecule has 0 saturated carbocycles. The molecule has 2 nitrogen and oxygen atoms in total. The molecule has 3 aromatic rings. The molecule has 25 heavy (non-hydrogen) atoms. The molecule has 0 unspecified atom stereocenters. The van der Waals surface area contributed by atoms with Crippen LogP contribution < -0.4 is 8.79 Å². The first-order valence-electron chi connectivity index (χ1n) is 8.43. The minimum atomic E-state index is -0.556. The fourth-order valence-corrected chi connectivity index (χ4v) is 5.50. The van der Waals surface area contributed by atoms with Gasteiger partial charge in [0.1, 0.15) is 0 Å². The summed E-state index contributed by atoms with van der Waals surface area (Å²) in [5.74, 6) is 0.152. The van der Waals surface area contributed by atoms with Crippen LogP contribution in [0, 0.1) is 0 Å². The Kier molecular flexibility index (Phi) is 4.44. The summed E-state index contributed by atoms with van der Waals surface area (Å²) in [6.45, 7) is 0. The normalized spacial score (nSPS) is 15.3. The van der Waals surface area contributed by atoms with E-state index in [2.05, 4.69) is 52.9 Å². The number of hydrogen-bond acceptors (Lipinski definition) is 1. The van der Waals surface area contributed by atoms with E-state index in [-0.39, 0.29) is 21.1 Å². The molecule has 1 heterocycles. The molecular weight excluding hydrogens is 373 g/mol. The van der Waals surface area contributed by atoms with Gasteiger partial charge in [0.15, 0.2) is 0 Å². The third kappa shape index (κ3) is 3.13. The number of amides is 1. The van der Waals surface area contributed by atoms with E-state index in [1.165, 1.54) is 21.2 Å². The van der Waals surface area contributed by atoms with Gasteiger partial charge in [-0.3, -0.25) is 0 Å². The van der Waals surface area contributed by atoms with Crippen molar-refractivity contribution in [3.63, 3.8) is 0 Å². The van der Waals surface area contributed by atoms with Crippen molar-refractivity contribution in [1.29, 1.82) is 0 Å². The molecule has 0 saturated heterocycles. The van der Waals surface area contributed by atoms with E-state index < -0.39 is 5.41 Å². The van der Waals surface area contributed by atoms with Crippen molar-refractivity contribution < 1.29 is 4.79 Å². The van der Waals surface area contributed by atoms with Gasteiger partial charge in [0, 0.05) is 0 Å². The maximum atomic E-state index is 13.2. The second kappa shape index (κ2) is 6.87. The summed E-state index contributed by atoms with van der Waals surface area (Å²) in [7, 11) is 0. The van der Waals surface area contributed by atoms with Crippen LogP contribution in [0.3, 0.4) is 0 Å². The predicted molar refractivity (Wildman–Crippen MR) is 102 cm³/mol. The van der Waals surface area contributed by atoms with Crippen molar-refractivity contribution in [1.82, 2.24) is 4.33 Å². The van der Waals surface area contributed by atoms with Gasteiger partial charge in [0.25, 0.3) is 0 Å². The SMILES string of the molecule is O=C1N[Se]c2ccccc2C1(Cc1ccccc1)Cc1ccccc1. The van der Waals surface area contributed by atoms with Gasteiger partial charge in [-0.2, -0.15) is 0 Å². The third-order valence-electron chi connectivity index (χ3n) is 4.79. The van der Waals surface area contributed by atoms with Crippen LogP contribution in [0.2, 0.25) is 0 Å². The van der Waals surface area contributed by atoms with Crippen LogP contribution in [0.1, 0.15) is 16.7 Å².